The van der Waals surface area contributed by atoms with E-state index in [-0.39, 0.29) is 24.5 Å². The molecule has 37 heavy (non-hydrogen) atoms. The Bertz CT molecular complexity index is 1250. The molecule has 2 N–H and O–H groups in total. The second kappa shape index (κ2) is 11.8. The van der Waals surface area contributed by atoms with Gasteiger partial charge in [-0.25, -0.2) is 9.78 Å². The van der Waals surface area contributed by atoms with Crippen LogP contribution in [-0.2, 0) is 16.1 Å². The lowest BCUT2D eigenvalue weighted by atomic mass is 9.86. The van der Waals surface area contributed by atoms with Crippen LogP contribution in [0.25, 0.3) is 17.2 Å². The number of pyridine rings is 2. The highest BCUT2D eigenvalue weighted by Crippen LogP contribution is 2.29. The number of carbonyl (C=O) groups is 2. The number of nitrogens with zero attached hydrogens (tertiary/aromatic N) is 4. The number of aliphatic carboxylic acids is 1. The molecule has 1 fully saturated rings. The van der Waals surface area contributed by atoms with Gasteiger partial charge in [0, 0.05) is 49.7 Å². The molecule has 0 bridgehead atoms. The maximum absolute atomic E-state index is 13.6. The molecule has 0 saturated heterocycles. The number of rotatable bonds is 8. The van der Waals surface area contributed by atoms with E-state index in [0.717, 1.165) is 22.9 Å². The standard InChI is InChI=1S/C29H32N4O4/c1-32(2)25-10-5-21(6-11-25)23-4-9-24(31-18-23)19-33(29(37)22-7-12-26(34)13-8-22)27-17-20(15-16-30-27)3-14-28(35)36/h3-6,9-11,14-18,22,26,34H,7-8,12-13,19H2,1-2H3,(H,35,36)/b14-3+. The fraction of sp³-hybridized carbons (Fsp3) is 0.310. The largest absolute Gasteiger partial charge is 0.478 e. The van der Waals surface area contributed by atoms with Crippen LogP contribution in [-0.4, -0.2) is 52.3 Å². The number of anilines is 2. The van der Waals surface area contributed by atoms with Crippen molar-refractivity contribution in [3.8, 4) is 11.1 Å². The summed E-state index contributed by atoms with van der Waals surface area (Å²) < 4.78 is 0. The van der Waals surface area contributed by atoms with E-state index in [9.17, 15) is 14.7 Å². The first-order chi connectivity index (χ1) is 17.8. The third kappa shape index (κ3) is 6.80. The normalized spacial score (nSPS) is 17.5. The van der Waals surface area contributed by atoms with Gasteiger partial charge in [0.15, 0.2) is 0 Å². The van der Waals surface area contributed by atoms with Crippen LogP contribution in [0.1, 0.15) is 36.9 Å². The predicted octanol–water partition coefficient (Wildman–Crippen LogP) is 4.39. The van der Waals surface area contributed by atoms with Gasteiger partial charge >= 0.3 is 5.97 Å². The van der Waals surface area contributed by atoms with Crippen molar-refractivity contribution >= 4 is 29.5 Å². The highest BCUT2D eigenvalue weighted by Gasteiger charge is 2.30. The van der Waals surface area contributed by atoms with Crippen molar-refractivity contribution in [1.29, 1.82) is 0 Å². The average molecular weight is 501 g/mol. The summed E-state index contributed by atoms with van der Waals surface area (Å²) in [7, 11) is 4.00. The summed E-state index contributed by atoms with van der Waals surface area (Å²) in [6.07, 6.45) is 7.96. The third-order valence-corrected chi connectivity index (χ3v) is 6.64. The Hall–Kier alpha value is -4.04. The molecule has 1 saturated carbocycles. The summed E-state index contributed by atoms with van der Waals surface area (Å²) in [5.41, 5.74) is 4.50. The second-order valence-electron chi connectivity index (χ2n) is 9.53. The first-order valence-electron chi connectivity index (χ1n) is 12.4. The summed E-state index contributed by atoms with van der Waals surface area (Å²) in [4.78, 5) is 37.3. The Morgan fingerprint density at radius 2 is 1.68 bits per heavy atom. The SMILES string of the molecule is CN(C)c1ccc(-c2ccc(CN(C(=O)C3CCC(O)CC3)c3cc(/C=C/C(=O)O)ccn3)nc2)cc1. The molecule has 0 atom stereocenters. The van der Waals surface area contributed by atoms with E-state index < -0.39 is 5.97 Å². The Labute approximate surface area is 216 Å². The van der Waals surface area contributed by atoms with Crippen LogP contribution < -0.4 is 9.80 Å². The van der Waals surface area contributed by atoms with Gasteiger partial charge in [-0.1, -0.05) is 18.2 Å². The van der Waals surface area contributed by atoms with Crippen LogP contribution in [0.15, 0.2) is 67.0 Å². The van der Waals surface area contributed by atoms with Gasteiger partial charge in [-0.05, 0) is 73.2 Å². The van der Waals surface area contributed by atoms with Crippen molar-refractivity contribution in [2.45, 2.75) is 38.3 Å². The van der Waals surface area contributed by atoms with E-state index in [2.05, 4.69) is 34.2 Å². The number of aliphatic hydroxyl groups is 1. The van der Waals surface area contributed by atoms with E-state index in [1.54, 1.807) is 29.4 Å². The first kappa shape index (κ1) is 26.0. The van der Waals surface area contributed by atoms with Crippen molar-refractivity contribution < 1.29 is 19.8 Å². The quantitative estimate of drug-likeness (QED) is 0.442. The monoisotopic (exact) mass is 500 g/mol. The van der Waals surface area contributed by atoms with Crippen molar-refractivity contribution in [2.75, 3.05) is 23.9 Å². The van der Waals surface area contributed by atoms with Crippen LogP contribution in [0.3, 0.4) is 0 Å². The van der Waals surface area contributed by atoms with Crippen LogP contribution in [0, 0.1) is 5.92 Å². The van der Waals surface area contributed by atoms with E-state index in [0.29, 0.717) is 42.8 Å². The summed E-state index contributed by atoms with van der Waals surface area (Å²) >= 11 is 0. The molecule has 2 aromatic heterocycles. The number of hydrogen-bond donors (Lipinski definition) is 2. The minimum absolute atomic E-state index is 0.0658. The minimum atomic E-state index is -1.05. The molecule has 2 heterocycles. The summed E-state index contributed by atoms with van der Waals surface area (Å²) in [6, 6.07) is 15.5. The summed E-state index contributed by atoms with van der Waals surface area (Å²) in [5.74, 6) is -0.886. The lowest BCUT2D eigenvalue weighted by molar-refractivity contribution is -0.131. The van der Waals surface area contributed by atoms with E-state index >= 15 is 0 Å². The molecule has 0 unspecified atom stereocenters. The van der Waals surface area contributed by atoms with Gasteiger partial charge in [0.2, 0.25) is 5.91 Å². The molecule has 4 rings (SSSR count). The Morgan fingerprint density at radius 3 is 2.30 bits per heavy atom. The van der Waals surface area contributed by atoms with Gasteiger partial charge in [0.1, 0.15) is 5.82 Å². The van der Waals surface area contributed by atoms with E-state index in [4.69, 9.17) is 5.11 Å². The van der Waals surface area contributed by atoms with Gasteiger partial charge in [-0.3, -0.25) is 14.7 Å². The molecule has 0 spiro atoms. The number of aromatic nitrogens is 2. The van der Waals surface area contributed by atoms with Crippen LogP contribution in [0.2, 0.25) is 0 Å². The summed E-state index contributed by atoms with van der Waals surface area (Å²) in [5, 5.41) is 18.9. The topological polar surface area (TPSA) is 107 Å². The molecule has 8 heteroatoms. The van der Waals surface area contributed by atoms with Crippen molar-refractivity contribution in [3.63, 3.8) is 0 Å². The van der Waals surface area contributed by atoms with Gasteiger partial charge < -0.3 is 15.1 Å². The number of carbonyl (C=O) groups excluding carboxylic acids is 1. The zero-order valence-electron chi connectivity index (χ0n) is 21.1. The molecular weight excluding hydrogens is 468 g/mol. The highest BCUT2D eigenvalue weighted by atomic mass is 16.4. The smallest absolute Gasteiger partial charge is 0.328 e. The molecule has 1 aliphatic carbocycles. The molecule has 0 aliphatic heterocycles. The number of hydrogen-bond acceptors (Lipinski definition) is 6. The van der Waals surface area contributed by atoms with Crippen molar-refractivity contribution in [3.05, 3.63) is 78.3 Å². The third-order valence-electron chi connectivity index (χ3n) is 6.64. The molecule has 8 nitrogen and oxygen atoms in total. The number of benzene rings is 1. The second-order valence-corrected chi connectivity index (χ2v) is 9.53. The highest BCUT2D eigenvalue weighted by molar-refractivity contribution is 5.94. The fourth-order valence-electron chi connectivity index (χ4n) is 4.47. The first-order valence-corrected chi connectivity index (χ1v) is 12.4. The zero-order valence-corrected chi connectivity index (χ0v) is 21.1. The van der Waals surface area contributed by atoms with Crippen LogP contribution >= 0.6 is 0 Å². The van der Waals surface area contributed by atoms with Crippen molar-refractivity contribution in [1.82, 2.24) is 9.97 Å². The Morgan fingerprint density at radius 1 is 0.973 bits per heavy atom. The Kier molecular flexibility index (Phi) is 8.30. The molecule has 3 aromatic rings. The molecule has 1 amide bonds. The molecular formula is C29H32N4O4. The van der Waals surface area contributed by atoms with Crippen LogP contribution in [0.4, 0.5) is 11.5 Å². The lowest BCUT2D eigenvalue weighted by Gasteiger charge is -2.30. The van der Waals surface area contributed by atoms with Gasteiger partial charge in [0.05, 0.1) is 18.3 Å². The van der Waals surface area contributed by atoms with E-state index in [1.165, 1.54) is 6.08 Å². The predicted molar refractivity (Wildman–Crippen MR) is 144 cm³/mol. The van der Waals surface area contributed by atoms with Crippen LogP contribution in [0.5, 0.6) is 0 Å². The number of aliphatic hydroxyl groups excluding tert-OH is 1. The number of carboxylic acids is 1. The molecule has 0 radical (unpaired) electrons. The average Bonchev–Trinajstić information content (AvgIpc) is 2.91. The lowest BCUT2D eigenvalue weighted by Crippen LogP contribution is -2.38. The molecule has 1 aliphatic rings. The zero-order chi connectivity index (χ0) is 26.4. The maximum Gasteiger partial charge on any atom is 0.328 e. The molecule has 192 valence electrons. The van der Waals surface area contributed by atoms with Gasteiger partial charge in [-0.2, -0.15) is 0 Å². The van der Waals surface area contributed by atoms with Crippen molar-refractivity contribution in [2.24, 2.45) is 5.92 Å². The molecule has 1 aromatic carbocycles. The number of carboxylic acid groups (broad SMARTS) is 1. The van der Waals surface area contributed by atoms with Gasteiger partial charge in [0.25, 0.3) is 0 Å². The fourth-order valence-corrected chi connectivity index (χ4v) is 4.47. The van der Waals surface area contributed by atoms with E-state index in [1.807, 2.05) is 31.1 Å². The number of amides is 1. The van der Waals surface area contributed by atoms with Gasteiger partial charge in [-0.15, -0.1) is 0 Å². The minimum Gasteiger partial charge on any atom is -0.478 e. The summed E-state index contributed by atoms with van der Waals surface area (Å²) in [6.45, 7) is 0.233. The Balaban J connectivity index is 1.59. The maximum atomic E-state index is 13.6.